The normalized spacial score (nSPS) is 19.3. The number of primary amides is 1. The second-order valence-electron chi connectivity index (χ2n) is 12.1. The van der Waals surface area contributed by atoms with E-state index in [1.807, 2.05) is 11.8 Å². The number of ether oxygens (including phenoxy) is 1. The Kier molecular flexibility index (Phi) is 10.2. The summed E-state index contributed by atoms with van der Waals surface area (Å²) in [4.78, 5) is 46.2. The molecule has 0 saturated carbocycles. The lowest BCUT2D eigenvalue weighted by Crippen LogP contribution is -2.51. The summed E-state index contributed by atoms with van der Waals surface area (Å²) >= 11 is 12.3. The number of hydrogen-bond donors (Lipinski definition) is 2. The molecule has 0 radical (unpaired) electrons. The zero-order chi connectivity index (χ0) is 32.3. The van der Waals surface area contributed by atoms with Crippen molar-refractivity contribution in [3.05, 3.63) is 81.8 Å². The number of nitrogens with two attached hydrogens (primary N) is 1. The third kappa shape index (κ3) is 7.14. The molecule has 2 aromatic carbocycles. The molecule has 9 nitrogen and oxygen atoms in total. The minimum Gasteiger partial charge on any atom is -0.495 e. The predicted molar refractivity (Wildman–Crippen MR) is 170 cm³/mol. The summed E-state index contributed by atoms with van der Waals surface area (Å²) in [5.74, 6) is -2.66. The first-order valence-electron chi connectivity index (χ1n) is 14.1. The monoisotopic (exact) mass is 643 g/mol. The molecule has 234 valence electrons. The van der Waals surface area contributed by atoms with E-state index in [4.69, 9.17) is 33.7 Å². The van der Waals surface area contributed by atoms with Gasteiger partial charge in [0.25, 0.3) is 0 Å². The van der Waals surface area contributed by atoms with Crippen molar-refractivity contribution in [1.82, 2.24) is 9.88 Å². The van der Waals surface area contributed by atoms with Gasteiger partial charge in [-0.2, -0.15) is 0 Å². The summed E-state index contributed by atoms with van der Waals surface area (Å²) in [5, 5.41) is 3.12. The van der Waals surface area contributed by atoms with Gasteiger partial charge >= 0.3 is 0 Å². The van der Waals surface area contributed by atoms with Gasteiger partial charge < -0.3 is 15.8 Å². The number of carbonyl (C=O) groups is 3. The number of methoxy groups -OCH3 is 1. The number of aromatic nitrogens is 1. The van der Waals surface area contributed by atoms with Crippen molar-refractivity contribution in [2.45, 2.75) is 52.2 Å². The lowest BCUT2D eigenvalue weighted by Gasteiger charge is -2.40. The van der Waals surface area contributed by atoms with E-state index in [9.17, 15) is 14.4 Å². The quantitative estimate of drug-likeness (QED) is 0.203. The van der Waals surface area contributed by atoms with E-state index in [1.54, 1.807) is 30.3 Å². The summed E-state index contributed by atoms with van der Waals surface area (Å²) in [6.45, 7) is 8.25. The van der Waals surface area contributed by atoms with E-state index in [1.165, 1.54) is 36.4 Å². The molecule has 1 aliphatic heterocycles. The Morgan fingerprint density at radius 3 is 2.57 bits per heavy atom. The van der Waals surface area contributed by atoms with Gasteiger partial charge in [-0.05, 0) is 60.7 Å². The van der Waals surface area contributed by atoms with Crippen LogP contribution in [0.1, 0.15) is 56.0 Å². The Hall–Kier alpha value is -3.73. The van der Waals surface area contributed by atoms with E-state index in [0.29, 0.717) is 29.8 Å². The lowest BCUT2D eigenvalue weighted by molar-refractivity contribution is -0.121. The molecule has 0 spiro atoms. The molecule has 4 atom stereocenters. The molecular weight excluding hydrogens is 608 g/mol. The number of likely N-dealkylation sites (tertiary alicyclic amines) is 1. The highest BCUT2D eigenvalue weighted by Crippen LogP contribution is 2.46. The third-order valence-corrected chi connectivity index (χ3v) is 8.42. The Morgan fingerprint density at radius 2 is 1.95 bits per heavy atom. The summed E-state index contributed by atoms with van der Waals surface area (Å²) in [6, 6.07) is 12.1. The first-order chi connectivity index (χ1) is 20.7. The second-order valence-corrected chi connectivity index (χ2v) is 12.9. The molecule has 0 bridgehead atoms. The first-order valence-corrected chi connectivity index (χ1v) is 14.8. The first kappa shape index (κ1) is 33.2. The van der Waals surface area contributed by atoms with Gasteiger partial charge in [0.2, 0.25) is 18.2 Å². The van der Waals surface area contributed by atoms with Crippen molar-refractivity contribution in [2.75, 3.05) is 23.9 Å². The van der Waals surface area contributed by atoms with Crippen molar-refractivity contribution in [3.63, 3.8) is 0 Å². The molecule has 2 heterocycles. The summed E-state index contributed by atoms with van der Waals surface area (Å²) in [5.41, 5.74) is 6.59. The van der Waals surface area contributed by atoms with Crippen molar-refractivity contribution in [3.8, 4) is 5.75 Å². The number of rotatable bonds is 10. The van der Waals surface area contributed by atoms with Gasteiger partial charge in [0.1, 0.15) is 16.7 Å². The van der Waals surface area contributed by atoms with Crippen LogP contribution in [0.25, 0.3) is 0 Å². The van der Waals surface area contributed by atoms with Gasteiger partial charge in [-0.25, -0.2) is 9.37 Å². The van der Waals surface area contributed by atoms with Crippen LogP contribution in [0.15, 0.2) is 54.7 Å². The highest BCUT2D eigenvalue weighted by Gasteiger charge is 2.50. The van der Waals surface area contributed by atoms with E-state index < -0.39 is 35.8 Å². The number of nitrogens with zero attached hydrogens (tertiary/aromatic N) is 3. The fraction of sp³-hybridized carbons (Fsp3) is 0.375. The minimum atomic E-state index is -0.746. The maximum atomic E-state index is 15.6. The highest BCUT2D eigenvalue weighted by atomic mass is 35.5. The van der Waals surface area contributed by atoms with Gasteiger partial charge in [0.15, 0.2) is 0 Å². The van der Waals surface area contributed by atoms with Gasteiger partial charge in [-0.15, -0.1) is 0 Å². The maximum Gasteiger partial charge on any atom is 0.248 e. The Balaban J connectivity index is 1.83. The number of amides is 3. The summed E-state index contributed by atoms with van der Waals surface area (Å²) in [7, 11) is 1.43. The van der Waals surface area contributed by atoms with Crippen LogP contribution in [-0.4, -0.2) is 54.0 Å². The van der Waals surface area contributed by atoms with Gasteiger partial charge in [-0.1, -0.05) is 56.1 Å². The van der Waals surface area contributed by atoms with E-state index in [-0.39, 0.29) is 39.4 Å². The molecule has 0 aliphatic carbocycles. The number of hydrogen-bond acceptors (Lipinski definition) is 6. The molecular formula is C32H36Cl2FN5O4. The number of pyridine rings is 1. The van der Waals surface area contributed by atoms with Gasteiger partial charge in [0, 0.05) is 36.0 Å². The van der Waals surface area contributed by atoms with Crippen molar-refractivity contribution >= 4 is 52.8 Å². The third-order valence-electron chi connectivity index (χ3n) is 7.92. The van der Waals surface area contributed by atoms with Gasteiger partial charge in [-0.3, -0.25) is 24.2 Å². The Bertz CT molecular complexity index is 1550. The molecule has 1 aromatic heterocycles. The molecule has 1 aliphatic rings. The highest BCUT2D eigenvalue weighted by molar-refractivity contribution is 6.30. The number of benzene rings is 2. The van der Waals surface area contributed by atoms with Crippen LogP contribution in [0.5, 0.6) is 5.75 Å². The zero-order valence-electron chi connectivity index (χ0n) is 25.2. The smallest absolute Gasteiger partial charge is 0.248 e. The minimum absolute atomic E-state index is 0.0461. The molecule has 3 N–H and O–H groups in total. The van der Waals surface area contributed by atoms with Crippen LogP contribution in [0.4, 0.5) is 15.8 Å². The standard InChI is InChI=1S/C32H36Cl2FN5O4/c1-18(40(17-41)24-10-9-19(30(36)42)13-26(24)44-5)39-16-22(21-7-6-8-23(33)29(21)35)28(25(39)15-32(2,3)4)31(43)38-20-11-12-37-27(34)14-20/h6-14,17-18,22,25,28H,15-16H2,1-5H3,(H2,36,42)(H,37,38,43). The summed E-state index contributed by atoms with van der Waals surface area (Å²) in [6.07, 6.45) is 2.07. The lowest BCUT2D eigenvalue weighted by atomic mass is 9.78. The summed E-state index contributed by atoms with van der Waals surface area (Å²) < 4.78 is 21.1. The van der Waals surface area contributed by atoms with Crippen LogP contribution in [-0.2, 0) is 9.59 Å². The van der Waals surface area contributed by atoms with Crippen molar-refractivity contribution in [1.29, 1.82) is 0 Å². The van der Waals surface area contributed by atoms with Crippen molar-refractivity contribution in [2.24, 2.45) is 17.1 Å². The van der Waals surface area contributed by atoms with Crippen LogP contribution in [0, 0.1) is 17.2 Å². The molecule has 12 heteroatoms. The molecule has 3 aromatic rings. The zero-order valence-corrected chi connectivity index (χ0v) is 26.7. The number of carbonyl (C=O) groups excluding carboxylic acids is 3. The largest absolute Gasteiger partial charge is 0.495 e. The number of nitrogens with one attached hydrogen (secondary N) is 1. The van der Waals surface area contributed by atoms with Gasteiger partial charge in [0.05, 0.1) is 29.9 Å². The average Bonchev–Trinajstić information content (AvgIpc) is 3.32. The fourth-order valence-electron chi connectivity index (χ4n) is 5.96. The number of halogens is 3. The van der Waals surface area contributed by atoms with Crippen LogP contribution < -0.4 is 20.7 Å². The maximum absolute atomic E-state index is 15.6. The topological polar surface area (TPSA) is 118 Å². The van der Waals surface area contributed by atoms with Crippen LogP contribution >= 0.6 is 23.2 Å². The van der Waals surface area contributed by atoms with Crippen LogP contribution in [0.3, 0.4) is 0 Å². The van der Waals surface area contributed by atoms with Crippen LogP contribution in [0.2, 0.25) is 10.2 Å². The predicted octanol–water partition coefficient (Wildman–Crippen LogP) is 6.10. The average molecular weight is 645 g/mol. The SMILES string of the molecule is COc1cc(C(N)=O)ccc1N(C=O)C(C)N1CC(c2cccc(Cl)c2F)C(C(=O)Nc2ccnc(Cl)c2)C1CC(C)(C)C. The molecule has 4 rings (SSSR count). The molecule has 4 unspecified atom stereocenters. The number of anilines is 2. The Labute approximate surface area is 266 Å². The Morgan fingerprint density at radius 1 is 1.23 bits per heavy atom. The van der Waals surface area contributed by atoms with Crippen molar-refractivity contribution < 1.29 is 23.5 Å². The fourth-order valence-corrected chi connectivity index (χ4v) is 6.32. The molecule has 1 fully saturated rings. The van der Waals surface area contributed by atoms with E-state index in [2.05, 4.69) is 31.1 Å². The molecule has 3 amide bonds. The molecule has 44 heavy (non-hydrogen) atoms. The second kappa shape index (κ2) is 13.5. The van der Waals surface area contributed by atoms with E-state index in [0.717, 1.165) is 0 Å². The molecule has 1 saturated heterocycles. The van der Waals surface area contributed by atoms with E-state index >= 15 is 4.39 Å².